The Bertz CT molecular complexity index is 776. The summed E-state index contributed by atoms with van der Waals surface area (Å²) >= 11 is 0. The van der Waals surface area contributed by atoms with Crippen molar-refractivity contribution in [1.29, 1.82) is 0 Å². The number of rotatable bonds is 41. The molecule has 0 saturated carbocycles. The van der Waals surface area contributed by atoms with Crippen LogP contribution in [0.2, 0.25) is 0 Å². The average Bonchev–Trinajstić information content (AvgIpc) is 3.29. The molecule has 0 spiro atoms. The predicted octanol–water partition coefficient (Wildman–Crippen LogP) is 24.6. The molecule has 0 aromatic rings. The second kappa shape index (κ2) is 84.3. The molecular weight excluding hydrogens is 1210 g/mol. The van der Waals surface area contributed by atoms with E-state index in [-0.39, 0.29) is 164 Å². The maximum atomic E-state index is 3.72. The first-order valence-electron chi connectivity index (χ1n) is 30.1. The van der Waals surface area contributed by atoms with Crippen LogP contribution >= 0.6 is 0 Å². The number of hydrogen-bond donors (Lipinski definition) is 0. The molecule has 0 aliphatic carbocycles. The van der Waals surface area contributed by atoms with Gasteiger partial charge in [0.25, 0.3) is 0 Å². The average molecular weight is 1350 g/mol. The van der Waals surface area contributed by atoms with E-state index < -0.39 is 0 Å². The van der Waals surface area contributed by atoms with E-state index in [2.05, 4.69) is 124 Å². The van der Waals surface area contributed by atoms with Gasteiger partial charge in [-0.05, 0) is 73.0 Å². The molecule has 0 fully saturated rings. The van der Waals surface area contributed by atoms with Crippen LogP contribution in [-0.4, -0.2) is 0 Å². The van der Waals surface area contributed by atoms with E-state index in [1.165, 1.54) is 231 Å². The van der Waals surface area contributed by atoms with Crippen LogP contribution in [0.4, 0.5) is 0 Å². The second-order valence-electron chi connectivity index (χ2n) is 21.3. The largest absolute Gasteiger partial charge is 0.103 e. The zero-order chi connectivity index (χ0) is 49.5. The molecule has 0 aromatic carbocycles. The Morgan fingerprint density at radius 3 is 0.565 bits per heavy atom. The first-order chi connectivity index (χ1) is 30.9. The Morgan fingerprint density at radius 2 is 0.406 bits per heavy atom. The molecule has 69 heavy (non-hydrogen) atoms. The van der Waals surface area contributed by atoms with Gasteiger partial charge in [0.2, 0.25) is 0 Å². The van der Waals surface area contributed by atoms with Crippen LogP contribution in [0.15, 0.2) is 25.3 Å². The van der Waals surface area contributed by atoms with Crippen molar-refractivity contribution >= 4 is 0 Å². The summed E-state index contributed by atoms with van der Waals surface area (Å²) in [5.74, 6) is 7.78. The van der Waals surface area contributed by atoms with E-state index in [1.807, 2.05) is 12.2 Å². The topological polar surface area (TPSA) is 0 Å². The summed E-state index contributed by atoms with van der Waals surface area (Å²) < 4.78 is 0. The van der Waals surface area contributed by atoms with Crippen LogP contribution in [0, 0.1) is 47.3 Å². The maximum Gasteiger partial charge on any atom is 0 e. The van der Waals surface area contributed by atoms with Gasteiger partial charge in [0.15, 0.2) is 0 Å². The first kappa shape index (κ1) is 96.3. The molecule has 405 valence electrons. The quantitative estimate of drug-likeness (QED) is 0.0423. The van der Waals surface area contributed by atoms with Gasteiger partial charge in [0.1, 0.15) is 0 Å². The second-order valence-corrected chi connectivity index (χ2v) is 21.3. The molecule has 0 amide bonds. The third kappa shape index (κ3) is 84.5. The molecule has 0 saturated heterocycles. The minimum Gasteiger partial charge on any atom is -0.103 e. The Kier molecular flexibility index (Phi) is 118. The predicted molar refractivity (Wildman–Crippen MR) is 305 cm³/mol. The summed E-state index contributed by atoms with van der Waals surface area (Å²) in [5.41, 5.74) is 0. The molecular formula is C64H134Y5. The van der Waals surface area contributed by atoms with E-state index in [4.69, 9.17) is 0 Å². The fourth-order valence-electron chi connectivity index (χ4n) is 9.62. The summed E-state index contributed by atoms with van der Waals surface area (Å²) in [4.78, 5) is 0. The SMILES string of the molecule is C=CCCCCC(C)CCC.C=CCCCCC(CC)CC.CCC(CC)CCCCC(CC)CC.CCCC(C)CCCCC(C)CCC.CCCC(C)CCCCC(CC)CC.[Y].[Y].[Y].[Y].[Y]. The van der Waals surface area contributed by atoms with E-state index in [1.54, 1.807) is 0 Å². The van der Waals surface area contributed by atoms with Gasteiger partial charge >= 0.3 is 0 Å². The minimum absolute atomic E-state index is 0. The van der Waals surface area contributed by atoms with Gasteiger partial charge in [-0.15, -0.1) is 13.2 Å². The summed E-state index contributed by atoms with van der Waals surface area (Å²) in [5, 5.41) is 0. The van der Waals surface area contributed by atoms with Crippen LogP contribution in [0.3, 0.4) is 0 Å². The van der Waals surface area contributed by atoms with Crippen LogP contribution in [-0.2, 0) is 164 Å². The third-order valence-electron chi connectivity index (χ3n) is 15.0. The maximum absolute atomic E-state index is 3.72. The van der Waals surface area contributed by atoms with Crippen molar-refractivity contribution in [1.82, 2.24) is 0 Å². The normalized spacial score (nSPS) is 11.9. The van der Waals surface area contributed by atoms with E-state index in [9.17, 15) is 0 Å². The van der Waals surface area contributed by atoms with Crippen molar-refractivity contribution in [2.24, 2.45) is 47.3 Å². The monoisotopic (exact) mass is 1350 g/mol. The molecule has 0 bridgehead atoms. The summed E-state index contributed by atoms with van der Waals surface area (Å²) in [6.45, 7) is 44.7. The van der Waals surface area contributed by atoms with E-state index in [0.29, 0.717) is 0 Å². The molecule has 0 rings (SSSR count). The zero-order valence-corrected chi connectivity index (χ0v) is 65.7. The minimum atomic E-state index is 0. The van der Waals surface area contributed by atoms with Crippen LogP contribution in [0.5, 0.6) is 0 Å². The van der Waals surface area contributed by atoms with Gasteiger partial charge in [-0.3, -0.25) is 0 Å². The molecule has 4 unspecified atom stereocenters. The summed E-state index contributed by atoms with van der Waals surface area (Å²) in [6, 6.07) is 0. The first-order valence-corrected chi connectivity index (χ1v) is 30.1. The van der Waals surface area contributed by atoms with Crippen molar-refractivity contribution in [2.45, 2.75) is 342 Å². The Labute approximate surface area is 569 Å². The van der Waals surface area contributed by atoms with Gasteiger partial charge in [-0.25, -0.2) is 0 Å². The number of hydrogen-bond acceptors (Lipinski definition) is 0. The van der Waals surface area contributed by atoms with Crippen molar-refractivity contribution in [3.63, 3.8) is 0 Å². The molecule has 0 nitrogen and oxygen atoms in total. The number of allylic oxidation sites excluding steroid dienone is 2. The molecule has 5 heteroatoms. The zero-order valence-electron chi connectivity index (χ0n) is 51.5. The van der Waals surface area contributed by atoms with Gasteiger partial charge in [0, 0.05) is 164 Å². The van der Waals surface area contributed by atoms with Gasteiger partial charge in [-0.1, -0.05) is 328 Å². The van der Waals surface area contributed by atoms with Crippen molar-refractivity contribution in [3.8, 4) is 0 Å². The van der Waals surface area contributed by atoms with E-state index >= 15 is 0 Å². The third-order valence-corrected chi connectivity index (χ3v) is 15.0. The standard InChI is InChI=1S/3C14H30.2C11H22.5Y/c1-5-9-13(3)11-7-8-12-14(4)10-6-2;1-5-10-13(4)11-8-9-12-14(6-2)7-3;1-5-13(6-2)11-9-10-12-14(7-3)8-4;1-4-6-7-8-10-11(3)9-5-2;1-4-7-8-9-10-11(5-2)6-3;;;;;/h3*13-14H,5-12H2,1-4H3;2*4,11H,1,5-10H2,2-3H3;;;;;. The molecule has 0 N–H and O–H groups in total. The Morgan fingerprint density at radius 1 is 0.246 bits per heavy atom. The molecule has 0 aliphatic rings. The molecule has 0 aliphatic heterocycles. The van der Waals surface area contributed by atoms with Gasteiger partial charge < -0.3 is 0 Å². The summed E-state index contributed by atoms with van der Waals surface area (Å²) in [6.07, 6.45) is 54.2. The van der Waals surface area contributed by atoms with E-state index in [0.717, 1.165) is 47.3 Å². The fourth-order valence-corrected chi connectivity index (χ4v) is 9.62. The summed E-state index contributed by atoms with van der Waals surface area (Å²) in [7, 11) is 0. The molecule has 4 atom stereocenters. The molecule has 0 heterocycles. The van der Waals surface area contributed by atoms with Gasteiger partial charge in [0.05, 0.1) is 0 Å². The van der Waals surface area contributed by atoms with Crippen LogP contribution in [0.25, 0.3) is 0 Å². The van der Waals surface area contributed by atoms with Crippen LogP contribution < -0.4 is 0 Å². The molecule has 5 radical (unpaired) electrons. The smallest absolute Gasteiger partial charge is 0 e. The Balaban J connectivity index is -0.0000000777. The van der Waals surface area contributed by atoms with Crippen molar-refractivity contribution < 1.29 is 164 Å². The Hall–Kier alpha value is 5.00. The fraction of sp³-hybridized carbons (Fsp3) is 0.938. The molecule has 0 aromatic heterocycles. The van der Waals surface area contributed by atoms with Crippen molar-refractivity contribution in [2.75, 3.05) is 0 Å². The number of unbranched alkanes of at least 4 members (excludes halogenated alkanes) is 7. The van der Waals surface area contributed by atoms with Gasteiger partial charge in [-0.2, -0.15) is 0 Å². The van der Waals surface area contributed by atoms with Crippen molar-refractivity contribution in [3.05, 3.63) is 25.3 Å². The van der Waals surface area contributed by atoms with Crippen LogP contribution in [0.1, 0.15) is 342 Å².